The molecule has 1 atom stereocenters. The van der Waals surface area contributed by atoms with Gasteiger partial charge in [0, 0.05) is 32.2 Å². The molecule has 2 heterocycles. The third kappa shape index (κ3) is 3.08. The van der Waals surface area contributed by atoms with E-state index in [0.717, 1.165) is 44.2 Å². The van der Waals surface area contributed by atoms with Crippen molar-refractivity contribution in [2.75, 3.05) is 30.0 Å². The maximum absolute atomic E-state index is 5.64. The topological polar surface area (TPSA) is 76.3 Å². The summed E-state index contributed by atoms with van der Waals surface area (Å²) < 4.78 is 5.64. The number of anilines is 2. The zero-order valence-corrected chi connectivity index (χ0v) is 11.0. The predicted octanol–water partition coefficient (Wildman–Crippen LogP) is 0.940. The van der Waals surface area contributed by atoms with E-state index in [1.54, 1.807) is 0 Å². The molecule has 0 radical (unpaired) electrons. The van der Waals surface area contributed by atoms with Crippen molar-refractivity contribution in [1.29, 1.82) is 0 Å². The Morgan fingerprint density at radius 2 is 2.39 bits per heavy atom. The summed E-state index contributed by atoms with van der Waals surface area (Å²) in [6.45, 7) is 6.74. The molecule has 18 heavy (non-hydrogen) atoms. The van der Waals surface area contributed by atoms with Crippen molar-refractivity contribution in [2.24, 2.45) is 5.84 Å². The molecule has 2 rings (SSSR count). The van der Waals surface area contributed by atoms with Gasteiger partial charge in [-0.2, -0.15) is 0 Å². The molecular weight excluding hydrogens is 230 g/mol. The third-order valence-corrected chi connectivity index (χ3v) is 3.00. The SMILES string of the molecule is CCc1nc(NN)cc(N2CCCOC(C)C2)n1. The van der Waals surface area contributed by atoms with Crippen molar-refractivity contribution < 1.29 is 4.74 Å². The minimum Gasteiger partial charge on any atom is -0.377 e. The van der Waals surface area contributed by atoms with Crippen LogP contribution in [0.1, 0.15) is 26.1 Å². The summed E-state index contributed by atoms with van der Waals surface area (Å²) in [6.07, 6.45) is 2.03. The number of rotatable bonds is 3. The molecule has 0 aliphatic carbocycles. The largest absolute Gasteiger partial charge is 0.377 e. The first-order chi connectivity index (χ1) is 8.72. The smallest absolute Gasteiger partial charge is 0.145 e. The van der Waals surface area contributed by atoms with E-state index in [9.17, 15) is 0 Å². The van der Waals surface area contributed by atoms with Gasteiger partial charge in [-0.3, -0.25) is 0 Å². The van der Waals surface area contributed by atoms with E-state index in [0.29, 0.717) is 5.82 Å². The van der Waals surface area contributed by atoms with Gasteiger partial charge in [0.05, 0.1) is 6.10 Å². The second-order valence-corrected chi connectivity index (χ2v) is 4.51. The van der Waals surface area contributed by atoms with Gasteiger partial charge in [-0.15, -0.1) is 0 Å². The van der Waals surface area contributed by atoms with Gasteiger partial charge in [0.25, 0.3) is 0 Å². The molecule has 1 aromatic heterocycles. The standard InChI is InChI=1S/C12H21N5O/c1-3-10-14-11(16-13)7-12(15-10)17-5-4-6-18-9(2)8-17/h7,9H,3-6,8,13H2,1-2H3,(H,14,15,16). The highest BCUT2D eigenvalue weighted by molar-refractivity contribution is 5.49. The first-order valence-electron chi connectivity index (χ1n) is 6.44. The highest BCUT2D eigenvalue weighted by atomic mass is 16.5. The molecule has 0 bridgehead atoms. The van der Waals surface area contributed by atoms with E-state index in [4.69, 9.17) is 10.6 Å². The predicted molar refractivity (Wildman–Crippen MR) is 71.5 cm³/mol. The molecule has 1 aliphatic rings. The monoisotopic (exact) mass is 251 g/mol. The van der Waals surface area contributed by atoms with Gasteiger partial charge < -0.3 is 15.1 Å². The van der Waals surface area contributed by atoms with E-state index in [2.05, 4.69) is 27.2 Å². The van der Waals surface area contributed by atoms with Gasteiger partial charge in [-0.05, 0) is 13.3 Å². The number of nitrogen functional groups attached to an aromatic ring is 1. The van der Waals surface area contributed by atoms with Gasteiger partial charge in [-0.1, -0.05) is 6.92 Å². The van der Waals surface area contributed by atoms with Crippen LogP contribution in [0.3, 0.4) is 0 Å². The van der Waals surface area contributed by atoms with Gasteiger partial charge >= 0.3 is 0 Å². The number of hydrogen-bond donors (Lipinski definition) is 2. The van der Waals surface area contributed by atoms with Crippen molar-refractivity contribution in [3.05, 3.63) is 11.9 Å². The number of ether oxygens (including phenoxy) is 1. The van der Waals surface area contributed by atoms with Crippen molar-refractivity contribution in [1.82, 2.24) is 9.97 Å². The summed E-state index contributed by atoms with van der Waals surface area (Å²) >= 11 is 0. The van der Waals surface area contributed by atoms with Crippen LogP contribution >= 0.6 is 0 Å². The second kappa shape index (κ2) is 5.97. The summed E-state index contributed by atoms with van der Waals surface area (Å²) in [5.74, 6) is 7.84. The molecule has 0 saturated carbocycles. The van der Waals surface area contributed by atoms with Crippen molar-refractivity contribution in [2.45, 2.75) is 32.8 Å². The number of aromatic nitrogens is 2. The molecule has 1 saturated heterocycles. The molecular formula is C12H21N5O. The molecule has 6 nitrogen and oxygen atoms in total. The molecule has 6 heteroatoms. The van der Waals surface area contributed by atoms with Crippen LogP contribution in [0.5, 0.6) is 0 Å². The zero-order valence-electron chi connectivity index (χ0n) is 11.0. The Morgan fingerprint density at radius 1 is 1.56 bits per heavy atom. The fourth-order valence-electron chi connectivity index (χ4n) is 2.08. The normalized spacial score (nSPS) is 20.6. The van der Waals surface area contributed by atoms with Crippen LogP contribution in [0.15, 0.2) is 6.07 Å². The van der Waals surface area contributed by atoms with Crippen LogP contribution < -0.4 is 16.2 Å². The number of aryl methyl sites for hydroxylation is 1. The van der Waals surface area contributed by atoms with Crippen LogP contribution in [0.25, 0.3) is 0 Å². The summed E-state index contributed by atoms with van der Waals surface area (Å²) in [5.41, 5.74) is 2.60. The van der Waals surface area contributed by atoms with Crippen molar-refractivity contribution in [3.8, 4) is 0 Å². The Kier molecular flexibility index (Phi) is 4.33. The van der Waals surface area contributed by atoms with Crippen LogP contribution in [0, 0.1) is 0 Å². The van der Waals surface area contributed by atoms with Gasteiger partial charge in [0.15, 0.2) is 0 Å². The summed E-state index contributed by atoms with van der Waals surface area (Å²) in [6, 6.07) is 1.89. The molecule has 0 spiro atoms. The Hall–Kier alpha value is -1.40. The van der Waals surface area contributed by atoms with E-state index in [-0.39, 0.29) is 6.10 Å². The summed E-state index contributed by atoms with van der Waals surface area (Å²) in [5, 5.41) is 0. The fraction of sp³-hybridized carbons (Fsp3) is 0.667. The van der Waals surface area contributed by atoms with Crippen LogP contribution in [0.2, 0.25) is 0 Å². The number of hydrogen-bond acceptors (Lipinski definition) is 6. The summed E-state index contributed by atoms with van der Waals surface area (Å²) in [4.78, 5) is 11.1. The van der Waals surface area contributed by atoms with Crippen molar-refractivity contribution >= 4 is 11.6 Å². The van der Waals surface area contributed by atoms with E-state index in [1.165, 1.54) is 0 Å². The molecule has 1 unspecified atom stereocenters. The van der Waals surface area contributed by atoms with Crippen LogP contribution in [-0.2, 0) is 11.2 Å². The summed E-state index contributed by atoms with van der Waals surface area (Å²) in [7, 11) is 0. The average Bonchev–Trinajstić information content (AvgIpc) is 2.62. The highest BCUT2D eigenvalue weighted by Crippen LogP contribution is 2.18. The molecule has 1 aromatic rings. The quantitative estimate of drug-likeness (QED) is 0.615. The maximum Gasteiger partial charge on any atom is 0.145 e. The number of nitrogens with two attached hydrogens (primary N) is 1. The molecule has 1 aliphatic heterocycles. The lowest BCUT2D eigenvalue weighted by Crippen LogP contribution is -2.31. The van der Waals surface area contributed by atoms with E-state index >= 15 is 0 Å². The van der Waals surface area contributed by atoms with Crippen LogP contribution in [0.4, 0.5) is 11.6 Å². The zero-order chi connectivity index (χ0) is 13.0. The molecule has 100 valence electrons. The lowest BCUT2D eigenvalue weighted by Gasteiger charge is -2.23. The van der Waals surface area contributed by atoms with Gasteiger partial charge in [0.2, 0.25) is 0 Å². The fourth-order valence-corrected chi connectivity index (χ4v) is 2.08. The second-order valence-electron chi connectivity index (χ2n) is 4.51. The lowest BCUT2D eigenvalue weighted by molar-refractivity contribution is 0.0820. The molecule has 3 N–H and O–H groups in total. The minimum atomic E-state index is 0.224. The van der Waals surface area contributed by atoms with Gasteiger partial charge in [-0.25, -0.2) is 15.8 Å². The number of hydrazine groups is 1. The first-order valence-corrected chi connectivity index (χ1v) is 6.44. The van der Waals surface area contributed by atoms with E-state index < -0.39 is 0 Å². The Bertz CT molecular complexity index is 376. The first kappa shape index (κ1) is 13.0. The average molecular weight is 251 g/mol. The third-order valence-electron chi connectivity index (χ3n) is 3.00. The van der Waals surface area contributed by atoms with Gasteiger partial charge in [0.1, 0.15) is 17.5 Å². The minimum absolute atomic E-state index is 0.224. The van der Waals surface area contributed by atoms with Crippen LogP contribution in [-0.4, -0.2) is 35.8 Å². The lowest BCUT2D eigenvalue weighted by atomic mass is 10.3. The maximum atomic E-state index is 5.64. The Morgan fingerprint density at radius 3 is 3.11 bits per heavy atom. The molecule has 0 amide bonds. The van der Waals surface area contributed by atoms with E-state index in [1.807, 2.05) is 13.0 Å². The highest BCUT2D eigenvalue weighted by Gasteiger charge is 2.17. The Balaban J connectivity index is 2.24. The molecule has 1 fully saturated rings. The number of nitrogens with one attached hydrogen (secondary N) is 1. The number of nitrogens with zero attached hydrogens (tertiary/aromatic N) is 3. The Labute approximate surface area is 108 Å². The van der Waals surface area contributed by atoms with Crippen molar-refractivity contribution in [3.63, 3.8) is 0 Å². The molecule has 0 aromatic carbocycles.